The Bertz CT molecular complexity index is 1200. The van der Waals surface area contributed by atoms with Gasteiger partial charge in [0.1, 0.15) is 6.61 Å². The van der Waals surface area contributed by atoms with Gasteiger partial charge in [-0.3, -0.25) is 0 Å². The van der Waals surface area contributed by atoms with Gasteiger partial charge in [0.2, 0.25) is 0 Å². The first-order valence-corrected chi connectivity index (χ1v) is 10.4. The van der Waals surface area contributed by atoms with Crippen molar-refractivity contribution >= 4 is 17.6 Å². The predicted octanol–water partition coefficient (Wildman–Crippen LogP) is 7.68. The number of hydrogen-bond donors (Lipinski definition) is 0. The molecule has 0 aliphatic heterocycles. The highest BCUT2D eigenvalue weighted by molar-refractivity contribution is 6.38. The van der Waals surface area contributed by atoms with Gasteiger partial charge in [-0.1, -0.05) is 115 Å². The second-order valence-corrected chi connectivity index (χ2v) is 7.40. The maximum Gasteiger partial charge on any atom is 0.339 e. The van der Waals surface area contributed by atoms with E-state index < -0.39 is 5.97 Å². The molecule has 0 saturated carbocycles. The molecule has 0 radical (unpaired) electrons. The standard InChI is InChI=1S/C28H21ClO2/c1-2-18-31-28(30)24-19-23(20-12-6-3-7-13-20)25(21-14-8-4-9-15-21)27(29)26(24)22-16-10-5-11-17-22/h2-17,19H,1,18H2. The minimum atomic E-state index is -0.433. The quantitative estimate of drug-likeness (QED) is 0.234. The zero-order chi connectivity index (χ0) is 21.6. The summed E-state index contributed by atoms with van der Waals surface area (Å²) in [6.07, 6.45) is 1.55. The first-order chi connectivity index (χ1) is 15.2. The van der Waals surface area contributed by atoms with Gasteiger partial charge in [-0.15, -0.1) is 0 Å². The number of benzene rings is 4. The van der Waals surface area contributed by atoms with Crippen molar-refractivity contribution in [1.29, 1.82) is 0 Å². The van der Waals surface area contributed by atoms with Crippen molar-refractivity contribution in [2.24, 2.45) is 0 Å². The van der Waals surface area contributed by atoms with E-state index in [0.717, 1.165) is 27.8 Å². The summed E-state index contributed by atoms with van der Waals surface area (Å²) >= 11 is 7.09. The second kappa shape index (κ2) is 9.46. The fourth-order valence-electron chi connectivity index (χ4n) is 3.64. The molecule has 4 rings (SSSR count). The van der Waals surface area contributed by atoms with Crippen molar-refractivity contribution in [3.63, 3.8) is 0 Å². The number of hydrogen-bond acceptors (Lipinski definition) is 2. The Labute approximate surface area is 187 Å². The molecule has 0 bridgehead atoms. The molecule has 0 fully saturated rings. The predicted molar refractivity (Wildman–Crippen MR) is 128 cm³/mol. The van der Waals surface area contributed by atoms with Gasteiger partial charge in [0.25, 0.3) is 0 Å². The van der Waals surface area contributed by atoms with Crippen molar-refractivity contribution in [3.05, 3.63) is 120 Å². The lowest BCUT2D eigenvalue weighted by Gasteiger charge is -2.19. The smallest absolute Gasteiger partial charge is 0.339 e. The van der Waals surface area contributed by atoms with Gasteiger partial charge in [-0.25, -0.2) is 4.79 Å². The van der Waals surface area contributed by atoms with E-state index in [1.807, 2.05) is 97.1 Å². The lowest BCUT2D eigenvalue weighted by atomic mass is 9.87. The van der Waals surface area contributed by atoms with Crippen LogP contribution in [0.3, 0.4) is 0 Å². The SMILES string of the molecule is C=CCOC(=O)c1cc(-c2ccccc2)c(-c2ccccc2)c(Cl)c1-c1ccccc1. The summed E-state index contributed by atoms with van der Waals surface area (Å²) in [4.78, 5) is 13.1. The summed E-state index contributed by atoms with van der Waals surface area (Å²) in [5.41, 5.74) is 5.66. The number of esters is 1. The lowest BCUT2D eigenvalue weighted by Crippen LogP contribution is -2.08. The fraction of sp³-hybridized carbons (Fsp3) is 0.0357. The molecular weight excluding hydrogens is 404 g/mol. The molecule has 0 aromatic heterocycles. The zero-order valence-corrected chi connectivity index (χ0v) is 17.7. The number of ether oxygens (including phenoxy) is 1. The van der Waals surface area contributed by atoms with Crippen LogP contribution >= 0.6 is 11.6 Å². The summed E-state index contributed by atoms with van der Waals surface area (Å²) in [7, 11) is 0. The minimum absolute atomic E-state index is 0.131. The van der Waals surface area contributed by atoms with Gasteiger partial charge < -0.3 is 4.74 Å². The number of halogens is 1. The van der Waals surface area contributed by atoms with Crippen LogP contribution in [0.25, 0.3) is 33.4 Å². The Morgan fingerprint density at radius 1 is 0.774 bits per heavy atom. The highest BCUT2D eigenvalue weighted by atomic mass is 35.5. The molecule has 0 amide bonds. The van der Waals surface area contributed by atoms with Crippen molar-refractivity contribution in [1.82, 2.24) is 0 Å². The summed E-state index contributed by atoms with van der Waals surface area (Å²) in [5, 5.41) is 0.518. The average Bonchev–Trinajstić information content (AvgIpc) is 2.83. The van der Waals surface area contributed by atoms with Crippen molar-refractivity contribution < 1.29 is 9.53 Å². The van der Waals surface area contributed by atoms with E-state index in [2.05, 4.69) is 6.58 Å². The Morgan fingerprint density at radius 3 is 1.77 bits per heavy atom. The van der Waals surface area contributed by atoms with Gasteiger partial charge in [0.05, 0.1) is 10.6 Å². The molecule has 0 N–H and O–H groups in total. The van der Waals surface area contributed by atoms with E-state index in [1.54, 1.807) is 6.08 Å². The van der Waals surface area contributed by atoms with Crippen LogP contribution in [0.15, 0.2) is 110 Å². The van der Waals surface area contributed by atoms with Crippen LogP contribution in [0.4, 0.5) is 0 Å². The molecule has 0 spiro atoms. The Hall–Kier alpha value is -3.62. The van der Waals surface area contributed by atoms with Crippen molar-refractivity contribution in [3.8, 4) is 33.4 Å². The third-order valence-electron chi connectivity index (χ3n) is 5.03. The van der Waals surface area contributed by atoms with Crippen LogP contribution in [0.1, 0.15) is 10.4 Å². The Morgan fingerprint density at radius 2 is 1.26 bits per heavy atom. The maximum absolute atomic E-state index is 13.1. The van der Waals surface area contributed by atoms with E-state index in [0.29, 0.717) is 16.1 Å². The van der Waals surface area contributed by atoms with E-state index in [9.17, 15) is 4.79 Å². The second-order valence-electron chi connectivity index (χ2n) is 7.02. The van der Waals surface area contributed by atoms with Crippen LogP contribution in [-0.2, 0) is 4.74 Å². The first-order valence-electron chi connectivity index (χ1n) is 10.0. The molecule has 0 aliphatic rings. The molecule has 0 aliphatic carbocycles. The van der Waals surface area contributed by atoms with E-state index >= 15 is 0 Å². The lowest BCUT2D eigenvalue weighted by molar-refractivity contribution is 0.0550. The molecule has 4 aromatic rings. The molecular formula is C28H21ClO2. The largest absolute Gasteiger partial charge is 0.458 e. The summed E-state index contributed by atoms with van der Waals surface area (Å²) in [6, 6.07) is 31.5. The molecule has 3 heteroatoms. The average molecular weight is 425 g/mol. The van der Waals surface area contributed by atoms with Crippen LogP contribution in [0.5, 0.6) is 0 Å². The Kier molecular flexibility index (Phi) is 6.30. The molecule has 31 heavy (non-hydrogen) atoms. The molecule has 2 nitrogen and oxygen atoms in total. The number of carbonyl (C=O) groups excluding carboxylic acids is 1. The number of carbonyl (C=O) groups is 1. The van der Waals surface area contributed by atoms with Gasteiger partial charge >= 0.3 is 5.97 Å². The summed E-state index contributed by atoms with van der Waals surface area (Å²) in [5.74, 6) is -0.433. The highest BCUT2D eigenvalue weighted by Gasteiger charge is 2.24. The fourth-order valence-corrected chi connectivity index (χ4v) is 4.06. The molecule has 4 aromatic carbocycles. The first kappa shape index (κ1) is 20.6. The molecule has 0 saturated heterocycles. The van der Waals surface area contributed by atoms with Gasteiger partial charge in [0, 0.05) is 11.1 Å². The molecule has 0 unspecified atom stereocenters. The van der Waals surface area contributed by atoms with Crippen LogP contribution < -0.4 is 0 Å². The van der Waals surface area contributed by atoms with Crippen LogP contribution in [-0.4, -0.2) is 12.6 Å². The zero-order valence-electron chi connectivity index (χ0n) is 16.9. The summed E-state index contributed by atoms with van der Waals surface area (Å²) in [6.45, 7) is 3.77. The molecule has 0 heterocycles. The topological polar surface area (TPSA) is 26.3 Å². The normalized spacial score (nSPS) is 10.5. The van der Waals surface area contributed by atoms with Gasteiger partial charge in [-0.05, 0) is 28.3 Å². The van der Waals surface area contributed by atoms with Crippen molar-refractivity contribution in [2.45, 2.75) is 0 Å². The van der Waals surface area contributed by atoms with Gasteiger partial charge in [-0.2, -0.15) is 0 Å². The summed E-state index contributed by atoms with van der Waals surface area (Å²) < 4.78 is 5.42. The molecule has 152 valence electrons. The maximum atomic E-state index is 13.1. The van der Waals surface area contributed by atoms with Crippen LogP contribution in [0, 0.1) is 0 Å². The highest BCUT2D eigenvalue weighted by Crippen LogP contribution is 2.45. The van der Waals surface area contributed by atoms with E-state index in [-0.39, 0.29) is 6.61 Å². The monoisotopic (exact) mass is 424 g/mol. The van der Waals surface area contributed by atoms with Crippen molar-refractivity contribution in [2.75, 3.05) is 6.61 Å². The van der Waals surface area contributed by atoms with E-state index in [4.69, 9.17) is 16.3 Å². The van der Waals surface area contributed by atoms with E-state index in [1.165, 1.54) is 0 Å². The third-order valence-corrected chi connectivity index (χ3v) is 5.41. The van der Waals surface area contributed by atoms with Crippen LogP contribution in [0.2, 0.25) is 5.02 Å². The molecule has 0 atom stereocenters. The minimum Gasteiger partial charge on any atom is -0.458 e. The van der Waals surface area contributed by atoms with Gasteiger partial charge in [0.15, 0.2) is 0 Å². The Balaban J connectivity index is 2.07. The number of rotatable bonds is 6. The third kappa shape index (κ3) is 4.30.